The summed E-state index contributed by atoms with van der Waals surface area (Å²) in [5, 5.41) is 8.05. The van der Waals surface area contributed by atoms with Gasteiger partial charge in [0.2, 0.25) is 0 Å². The van der Waals surface area contributed by atoms with E-state index < -0.39 is 5.91 Å². The second-order valence-corrected chi connectivity index (χ2v) is 5.93. The summed E-state index contributed by atoms with van der Waals surface area (Å²) < 4.78 is 1.59. The van der Waals surface area contributed by atoms with Crippen LogP contribution in [0.15, 0.2) is 30.9 Å². The van der Waals surface area contributed by atoms with E-state index in [-0.39, 0.29) is 0 Å². The Morgan fingerprint density at radius 3 is 2.87 bits per heavy atom. The first-order valence-electron chi connectivity index (χ1n) is 7.17. The van der Waals surface area contributed by atoms with Gasteiger partial charge in [0.05, 0.1) is 39.9 Å². The molecule has 0 atom stereocenters. The van der Waals surface area contributed by atoms with Crippen molar-refractivity contribution in [2.75, 3.05) is 5.32 Å². The van der Waals surface area contributed by atoms with Crippen molar-refractivity contribution in [3.8, 4) is 11.3 Å². The predicted molar refractivity (Wildman–Crippen MR) is 86.4 cm³/mol. The van der Waals surface area contributed by atoms with Gasteiger partial charge in [-0.3, -0.25) is 9.78 Å². The van der Waals surface area contributed by atoms with Crippen LogP contribution in [0.25, 0.3) is 16.9 Å². The molecular weight excluding hydrogens is 316 g/mol. The molecule has 8 heteroatoms. The minimum absolute atomic E-state index is 0.383. The molecule has 7 nitrogen and oxygen atoms in total. The Morgan fingerprint density at radius 1 is 1.30 bits per heavy atom. The first kappa shape index (κ1) is 14.0. The van der Waals surface area contributed by atoms with E-state index in [1.54, 1.807) is 23.1 Å². The number of primary amides is 1. The molecule has 23 heavy (non-hydrogen) atoms. The van der Waals surface area contributed by atoms with E-state index >= 15 is 0 Å². The van der Waals surface area contributed by atoms with Crippen LogP contribution < -0.4 is 11.1 Å². The molecule has 4 rings (SSSR count). The molecule has 0 radical (unpaired) electrons. The number of halogens is 1. The number of hydrogen-bond acceptors (Lipinski definition) is 5. The highest BCUT2D eigenvalue weighted by atomic mass is 35.5. The zero-order valence-corrected chi connectivity index (χ0v) is 12.8. The number of hydrogen-bond donors (Lipinski definition) is 2. The zero-order chi connectivity index (χ0) is 16.0. The van der Waals surface area contributed by atoms with Gasteiger partial charge >= 0.3 is 0 Å². The van der Waals surface area contributed by atoms with Crippen LogP contribution in [-0.2, 0) is 0 Å². The van der Waals surface area contributed by atoms with Gasteiger partial charge in [-0.2, -0.15) is 5.10 Å². The number of pyridine rings is 1. The standard InChI is InChI=1S/C15H13ClN6O/c16-8-4-19-15-11(6-20-22(15)7-8)12-3-13(21-9-1-2-9)10(5-18-12)14(17)23/h3-7,9H,1-2H2,(H2,17,23)(H,18,21). The number of rotatable bonds is 4. The Hall–Kier alpha value is -2.67. The molecular formula is C15H13ClN6O. The molecule has 0 bridgehead atoms. The van der Waals surface area contributed by atoms with Crippen molar-refractivity contribution in [3.05, 3.63) is 41.4 Å². The van der Waals surface area contributed by atoms with Gasteiger partial charge in [0.1, 0.15) is 0 Å². The van der Waals surface area contributed by atoms with Gasteiger partial charge in [0.25, 0.3) is 5.91 Å². The fourth-order valence-electron chi connectivity index (χ4n) is 2.40. The van der Waals surface area contributed by atoms with E-state index in [0.717, 1.165) is 18.4 Å². The monoisotopic (exact) mass is 328 g/mol. The van der Waals surface area contributed by atoms with Crippen LogP contribution in [0.5, 0.6) is 0 Å². The van der Waals surface area contributed by atoms with Crippen LogP contribution >= 0.6 is 11.6 Å². The predicted octanol–water partition coefficient (Wildman–Crippen LogP) is 2.12. The van der Waals surface area contributed by atoms with Gasteiger partial charge in [0.15, 0.2) is 5.65 Å². The summed E-state index contributed by atoms with van der Waals surface area (Å²) in [4.78, 5) is 20.2. The smallest absolute Gasteiger partial charge is 0.252 e. The molecule has 3 aromatic heterocycles. The number of anilines is 1. The highest BCUT2D eigenvalue weighted by Gasteiger charge is 2.23. The van der Waals surface area contributed by atoms with Crippen LogP contribution in [0.3, 0.4) is 0 Å². The van der Waals surface area contributed by atoms with E-state index in [2.05, 4.69) is 20.4 Å². The maximum atomic E-state index is 11.6. The van der Waals surface area contributed by atoms with Gasteiger partial charge in [-0.25, -0.2) is 9.50 Å². The van der Waals surface area contributed by atoms with Crippen molar-refractivity contribution < 1.29 is 4.79 Å². The molecule has 0 spiro atoms. The number of fused-ring (bicyclic) bond motifs is 1. The Bertz CT molecular complexity index is 917. The van der Waals surface area contributed by atoms with Crippen LogP contribution in [0, 0.1) is 0 Å². The molecule has 116 valence electrons. The molecule has 3 N–H and O–H groups in total. The normalized spacial score (nSPS) is 14.1. The van der Waals surface area contributed by atoms with Crippen molar-refractivity contribution in [3.63, 3.8) is 0 Å². The lowest BCUT2D eigenvalue weighted by atomic mass is 10.1. The third kappa shape index (κ3) is 2.59. The summed E-state index contributed by atoms with van der Waals surface area (Å²) in [7, 11) is 0. The number of carbonyl (C=O) groups excluding carboxylic acids is 1. The summed E-state index contributed by atoms with van der Waals surface area (Å²) in [6, 6.07) is 2.20. The summed E-state index contributed by atoms with van der Waals surface area (Å²) in [6.07, 6.45) is 8.57. The van der Waals surface area contributed by atoms with E-state index in [1.165, 1.54) is 6.20 Å². The molecule has 3 aromatic rings. The maximum Gasteiger partial charge on any atom is 0.252 e. The van der Waals surface area contributed by atoms with Crippen molar-refractivity contribution >= 4 is 28.8 Å². The molecule has 0 saturated heterocycles. The zero-order valence-electron chi connectivity index (χ0n) is 12.0. The first-order valence-corrected chi connectivity index (χ1v) is 7.55. The van der Waals surface area contributed by atoms with Gasteiger partial charge in [-0.15, -0.1) is 0 Å². The van der Waals surface area contributed by atoms with Crippen molar-refractivity contribution in [2.45, 2.75) is 18.9 Å². The molecule has 1 saturated carbocycles. The van der Waals surface area contributed by atoms with E-state index in [1.807, 2.05) is 6.07 Å². The summed E-state index contributed by atoms with van der Waals surface area (Å²) in [5.41, 5.74) is 8.57. The molecule has 1 aliphatic carbocycles. The van der Waals surface area contributed by atoms with Crippen LogP contribution in [0.1, 0.15) is 23.2 Å². The number of amides is 1. The Balaban J connectivity index is 1.82. The van der Waals surface area contributed by atoms with Gasteiger partial charge in [-0.05, 0) is 18.9 Å². The van der Waals surface area contributed by atoms with Crippen molar-refractivity contribution in [2.24, 2.45) is 5.73 Å². The molecule has 1 aliphatic rings. The molecule has 0 aliphatic heterocycles. The minimum Gasteiger partial charge on any atom is -0.382 e. The van der Waals surface area contributed by atoms with Gasteiger partial charge < -0.3 is 11.1 Å². The largest absolute Gasteiger partial charge is 0.382 e. The molecule has 3 heterocycles. The van der Waals surface area contributed by atoms with Crippen molar-refractivity contribution in [1.29, 1.82) is 0 Å². The molecule has 0 unspecified atom stereocenters. The van der Waals surface area contributed by atoms with Gasteiger partial charge in [-0.1, -0.05) is 11.6 Å². The lowest BCUT2D eigenvalue weighted by molar-refractivity contribution is 0.100. The third-order valence-corrected chi connectivity index (χ3v) is 3.90. The van der Waals surface area contributed by atoms with Crippen LogP contribution in [-0.4, -0.2) is 31.5 Å². The highest BCUT2D eigenvalue weighted by Crippen LogP contribution is 2.30. The SMILES string of the molecule is NC(=O)c1cnc(-c2cnn3cc(Cl)cnc23)cc1NC1CC1. The number of nitrogens with zero attached hydrogens (tertiary/aromatic N) is 4. The number of nitrogens with two attached hydrogens (primary N) is 1. The lowest BCUT2D eigenvalue weighted by Crippen LogP contribution is -2.15. The van der Waals surface area contributed by atoms with E-state index in [4.69, 9.17) is 17.3 Å². The maximum absolute atomic E-state index is 11.6. The average Bonchev–Trinajstić information content (AvgIpc) is 3.24. The number of nitrogens with one attached hydrogen (secondary N) is 1. The fraction of sp³-hybridized carbons (Fsp3) is 0.200. The summed E-state index contributed by atoms with van der Waals surface area (Å²) >= 11 is 5.92. The average molecular weight is 329 g/mol. The second kappa shape index (κ2) is 5.20. The quantitative estimate of drug-likeness (QED) is 0.764. The second-order valence-electron chi connectivity index (χ2n) is 5.50. The van der Waals surface area contributed by atoms with Crippen LogP contribution in [0.2, 0.25) is 5.02 Å². The Labute approximate surface area is 136 Å². The van der Waals surface area contributed by atoms with Crippen LogP contribution in [0.4, 0.5) is 5.69 Å². The lowest BCUT2D eigenvalue weighted by Gasteiger charge is -2.10. The summed E-state index contributed by atoms with van der Waals surface area (Å²) in [5.74, 6) is -0.503. The van der Waals surface area contributed by atoms with Crippen molar-refractivity contribution in [1.82, 2.24) is 19.6 Å². The highest BCUT2D eigenvalue weighted by molar-refractivity contribution is 6.30. The Kier molecular flexibility index (Phi) is 3.16. The molecule has 0 aromatic carbocycles. The molecule has 1 fully saturated rings. The number of aromatic nitrogens is 4. The fourth-order valence-corrected chi connectivity index (χ4v) is 2.54. The minimum atomic E-state index is -0.503. The van der Waals surface area contributed by atoms with Gasteiger partial charge in [0, 0.05) is 18.4 Å². The Morgan fingerprint density at radius 2 is 2.13 bits per heavy atom. The van der Waals surface area contributed by atoms with E-state index in [9.17, 15) is 4.79 Å². The first-order chi connectivity index (χ1) is 11.1. The number of carbonyl (C=O) groups is 1. The summed E-state index contributed by atoms with van der Waals surface area (Å²) in [6.45, 7) is 0. The topological polar surface area (TPSA) is 98.2 Å². The van der Waals surface area contributed by atoms with E-state index in [0.29, 0.717) is 33.7 Å². The third-order valence-electron chi connectivity index (χ3n) is 3.71. The molecule has 1 amide bonds.